The number of hydrogen-bond donors (Lipinski definition) is 3. The average Bonchev–Trinajstić information content (AvgIpc) is 2.86. The third kappa shape index (κ3) is 3.24. The molecule has 0 radical (unpaired) electrons. The van der Waals surface area contributed by atoms with Gasteiger partial charge in [-0.3, -0.25) is 0 Å². The maximum Gasteiger partial charge on any atom is 0.258 e. The van der Waals surface area contributed by atoms with Crippen LogP contribution in [-0.4, -0.2) is 18.4 Å². The molecule has 1 unspecified atom stereocenters. The monoisotopic (exact) mass is 294 g/mol. The van der Waals surface area contributed by atoms with Crippen LogP contribution in [0.15, 0.2) is 35.5 Å². The number of rotatable bonds is 5. The normalized spacial score (nSPS) is 13.3. The Morgan fingerprint density at radius 3 is 2.50 bits per heavy atom. The summed E-state index contributed by atoms with van der Waals surface area (Å²) in [6.45, 7) is 3.96. The molecule has 1 heterocycles. The summed E-state index contributed by atoms with van der Waals surface area (Å²) in [5.74, 6) is 0.560. The zero-order valence-electron chi connectivity index (χ0n) is 11.4. The van der Waals surface area contributed by atoms with Crippen LogP contribution in [0.2, 0.25) is 0 Å². The molecule has 1 atom stereocenters. The van der Waals surface area contributed by atoms with E-state index in [0.717, 1.165) is 11.1 Å². The molecule has 20 heavy (non-hydrogen) atoms. The van der Waals surface area contributed by atoms with Crippen molar-refractivity contribution >= 4 is 10.0 Å². The highest BCUT2D eigenvalue weighted by Crippen LogP contribution is 2.16. The molecule has 0 saturated carbocycles. The second kappa shape index (κ2) is 5.74. The highest BCUT2D eigenvalue weighted by molar-refractivity contribution is 7.89. The summed E-state index contributed by atoms with van der Waals surface area (Å²) in [5.41, 5.74) is 7.42. The molecule has 0 saturated heterocycles. The van der Waals surface area contributed by atoms with E-state index in [-0.39, 0.29) is 11.1 Å². The van der Waals surface area contributed by atoms with Gasteiger partial charge in [-0.15, -0.1) is 0 Å². The largest absolute Gasteiger partial charge is 0.332 e. The molecule has 1 aromatic heterocycles. The highest BCUT2D eigenvalue weighted by Gasteiger charge is 2.20. The molecule has 0 bridgehead atoms. The first-order valence-electron chi connectivity index (χ1n) is 6.25. The fourth-order valence-electron chi connectivity index (χ4n) is 1.84. The van der Waals surface area contributed by atoms with Gasteiger partial charge in [0, 0.05) is 12.6 Å². The van der Waals surface area contributed by atoms with Crippen molar-refractivity contribution in [1.29, 1.82) is 0 Å². The molecule has 0 amide bonds. The van der Waals surface area contributed by atoms with E-state index in [9.17, 15) is 8.42 Å². The van der Waals surface area contributed by atoms with Gasteiger partial charge >= 0.3 is 0 Å². The van der Waals surface area contributed by atoms with Crippen LogP contribution in [0.4, 0.5) is 0 Å². The van der Waals surface area contributed by atoms with Crippen LogP contribution in [-0.2, 0) is 16.6 Å². The van der Waals surface area contributed by atoms with Crippen molar-refractivity contribution in [3.63, 3.8) is 0 Å². The standard InChI is InChI=1S/C13H18N4O2S/c1-9(12-5-3-11(7-14)4-6-12)17-20(18,19)13-8-15-10(2)16-13/h3-6,8-9,17H,7,14H2,1-2H3,(H,15,16). The van der Waals surface area contributed by atoms with Gasteiger partial charge in [-0.2, -0.15) is 0 Å². The first kappa shape index (κ1) is 14.7. The molecule has 2 aromatic rings. The first-order chi connectivity index (χ1) is 9.42. The van der Waals surface area contributed by atoms with Crippen molar-refractivity contribution in [3.8, 4) is 0 Å². The van der Waals surface area contributed by atoms with Gasteiger partial charge in [0.25, 0.3) is 10.0 Å². The van der Waals surface area contributed by atoms with Crippen molar-refractivity contribution in [2.75, 3.05) is 0 Å². The number of aromatic amines is 1. The van der Waals surface area contributed by atoms with E-state index in [1.54, 1.807) is 13.8 Å². The lowest BCUT2D eigenvalue weighted by molar-refractivity contribution is 0.563. The van der Waals surface area contributed by atoms with Crippen molar-refractivity contribution in [3.05, 3.63) is 47.4 Å². The van der Waals surface area contributed by atoms with E-state index in [0.29, 0.717) is 12.4 Å². The molecule has 2 rings (SSSR count). The topological polar surface area (TPSA) is 101 Å². The lowest BCUT2D eigenvalue weighted by Crippen LogP contribution is -2.27. The van der Waals surface area contributed by atoms with Gasteiger partial charge in [0.2, 0.25) is 0 Å². The average molecular weight is 294 g/mol. The summed E-state index contributed by atoms with van der Waals surface area (Å²) in [6.07, 6.45) is 1.31. The van der Waals surface area contributed by atoms with Crippen LogP contribution < -0.4 is 10.5 Å². The predicted octanol–water partition coefficient (Wildman–Crippen LogP) is 1.22. The molecule has 1 aromatic carbocycles. The van der Waals surface area contributed by atoms with E-state index in [4.69, 9.17) is 5.73 Å². The fourth-order valence-corrected chi connectivity index (χ4v) is 3.04. The van der Waals surface area contributed by atoms with E-state index in [1.165, 1.54) is 6.20 Å². The first-order valence-corrected chi connectivity index (χ1v) is 7.73. The van der Waals surface area contributed by atoms with Gasteiger partial charge in [-0.05, 0) is 25.0 Å². The van der Waals surface area contributed by atoms with Gasteiger partial charge in [0.1, 0.15) is 5.82 Å². The molecular formula is C13H18N4O2S. The summed E-state index contributed by atoms with van der Waals surface area (Å²) in [6, 6.07) is 7.18. The number of aromatic nitrogens is 2. The highest BCUT2D eigenvalue weighted by atomic mass is 32.2. The zero-order chi connectivity index (χ0) is 14.8. The Hall–Kier alpha value is -1.70. The molecule has 0 fully saturated rings. The molecule has 0 aliphatic rings. The van der Waals surface area contributed by atoms with Gasteiger partial charge in [-0.1, -0.05) is 24.3 Å². The number of nitrogens with zero attached hydrogens (tertiary/aromatic N) is 1. The number of benzene rings is 1. The number of H-pyrrole nitrogens is 1. The van der Waals surface area contributed by atoms with Crippen LogP contribution in [0.25, 0.3) is 0 Å². The lowest BCUT2D eigenvalue weighted by Gasteiger charge is -2.14. The Morgan fingerprint density at radius 2 is 2.00 bits per heavy atom. The van der Waals surface area contributed by atoms with Crippen molar-refractivity contribution in [2.24, 2.45) is 5.73 Å². The Kier molecular flexibility index (Phi) is 4.22. The molecule has 6 nitrogen and oxygen atoms in total. The Bertz CT molecular complexity index is 677. The van der Waals surface area contributed by atoms with Crippen molar-refractivity contribution in [1.82, 2.24) is 14.7 Å². The van der Waals surface area contributed by atoms with E-state index >= 15 is 0 Å². The Balaban J connectivity index is 2.15. The zero-order valence-corrected chi connectivity index (χ0v) is 12.2. The molecule has 0 aliphatic heterocycles. The van der Waals surface area contributed by atoms with Crippen molar-refractivity contribution < 1.29 is 8.42 Å². The number of hydrogen-bond acceptors (Lipinski definition) is 4. The maximum atomic E-state index is 12.1. The number of sulfonamides is 1. The summed E-state index contributed by atoms with van der Waals surface area (Å²) >= 11 is 0. The Morgan fingerprint density at radius 1 is 1.35 bits per heavy atom. The lowest BCUT2D eigenvalue weighted by atomic mass is 10.1. The van der Waals surface area contributed by atoms with Crippen LogP contribution in [0.3, 0.4) is 0 Å². The van der Waals surface area contributed by atoms with E-state index in [1.807, 2.05) is 24.3 Å². The second-order valence-electron chi connectivity index (χ2n) is 4.62. The van der Waals surface area contributed by atoms with Gasteiger partial charge in [0.05, 0.1) is 6.20 Å². The number of aryl methyl sites for hydroxylation is 1. The predicted molar refractivity (Wildman–Crippen MR) is 76.4 cm³/mol. The quantitative estimate of drug-likeness (QED) is 0.771. The van der Waals surface area contributed by atoms with Crippen LogP contribution >= 0.6 is 0 Å². The minimum atomic E-state index is -3.60. The summed E-state index contributed by atoms with van der Waals surface area (Å²) in [4.78, 5) is 6.61. The molecule has 4 N–H and O–H groups in total. The second-order valence-corrected chi connectivity index (χ2v) is 6.30. The third-order valence-corrected chi connectivity index (χ3v) is 4.47. The minimum absolute atomic E-state index is 0.0698. The summed E-state index contributed by atoms with van der Waals surface area (Å²) in [7, 11) is -3.60. The van der Waals surface area contributed by atoms with Gasteiger partial charge in [-0.25, -0.2) is 18.1 Å². The molecule has 0 spiro atoms. The molecule has 108 valence electrons. The molecular weight excluding hydrogens is 276 g/mol. The number of nitrogens with two attached hydrogens (primary N) is 1. The van der Waals surface area contributed by atoms with E-state index < -0.39 is 10.0 Å². The minimum Gasteiger partial charge on any atom is -0.332 e. The van der Waals surface area contributed by atoms with Crippen LogP contribution in [0.1, 0.15) is 29.9 Å². The SMILES string of the molecule is Cc1ncc(S(=O)(=O)NC(C)c2ccc(CN)cc2)[nH]1. The fraction of sp³-hybridized carbons (Fsp3) is 0.308. The van der Waals surface area contributed by atoms with E-state index in [2.05, 4.69) is 14.7 Å². The van der Waals surface area contributed by atoms with Gasteiger partial charge < -0.3 is 10.7 Å². The number of nitrogens with one attached hydrogen (secondary N) is 2. The maximum absolute atomic E-state index is 12.1. The third-order valence-electron chi connectivity index (χ3n) is 3.02. The Labute approximate surface area is 118 Å². The van der Waals surface area contributed by atoms with Crippen molar-refractivity contribution in [2.45, 2.75) is 31.5 Å². The molecule has 7 heteroatoms. The smallest absolute Gasteiger partial charge is 0.258 e. The van der Waals surface area contributed by atoms with Gasteiger partial charge in [0.15, 0.2) is 5.03 Å². The van der Waals surface area contributed by atoms with Crippen LogP contribution in [0.5, 0.6) is 0 Å². The summed E-state index contributed by atoms with van der Waals surface area (Å²) in [5, 5.41) is 0.0698. The molecule has 0 aliphatic carbocycles. The summed E-state index contributed by atoms with van der Waals surface area (Å²) < 4.78 is 26.9. The number of imidazole rings is 1. The van der Waals surface area contributed by atoms with Crippen LogP contribution in [0, 0.1) is 6.92 Å².